The van der Waals surface area contributed by atoms with Crippen molar-refractivity contribution in [3.8, 4) is 11.5 Å². The number of aromatic nitrogens is 2. The molecule has 2 amide bonds. The predicted octanol–water partition coefficient (Wildman–Crippen LogP) is 3.51. The molecule has 33 heavy (non-hydrogen) atoms. The molecular weight excluding hydrogens is 418 g/mol. The minimum Gasteiger partial charge on any atom is -0.334 e. The van der Waals surface area contributed by atoms with Gasteiger partial charge in [-0.3, -0.25) is 9.69 Å². The number of carbonyl (C=O) groups excluding carboxylic acids is 2. The van der Waals surface area contributed by atoms with Crippen molar-refractivity contribution in [2.45, 2.75) is 44.7 Å². The van der Waals surface area contributed by atoms with Crippen LogP contribution in [-0.4, -0.2) is 47.1 Å². The van der Waals surface area contributed by atoms with Gasteiger partial charge in [-0.1, -0.05) is 48.0 Å². The van der Waals surface area contributed by atoms with Gasteiger partial charge in [-0.15, -0.1) is 0 Å². The molecule has 3 aromatic rings. The molecular formula is C25H27N5O3. The van der Waals surface area contributed by atoms with Crippen LogP contribution in [0.3, 0.4) is 0 Å². The maximum Gasteiger partial charge on any atom is 0.322 e. The van der Waals surface area contributed by atoms with Crippen molar-refractivity contribution in [3.05, 3.63) is 65.5 Å². The fourth-order valence-electron chi connectivity index (χ4n) is 4.73. The molecule has 0 aliphatic carbocycles. The lowest BCUT2D eigenvalue weighted by molar-refractivity contribution is 0.0915. The van der Waals surface area contributed by atoms with Crippen LogP contribution in [0.2, 0.25) is 0 Å². The van der Waals surface area contributed by atoms with Gasteiger partial charge in [-0.05, 0) is 50.4 Å². The molecule has 2 atom stereocenters. The Bertz CT molecular complexity index is 1170. The number of ketones is 1. The Morgan fingerprint density at radius 2 is 1.97 bits per heavy atom. The molecule has 0 radical (unpaired) electrons. The first-order chi connectivity index (χ1) is 16.1. The molecule has 0 bridgehead atoms. The topological polar surface area (TPSA) is 100 Å². The first kappa shape index (κ1) is 21.3. The maximum atomic E-state index is 13.9. The number of anilines is 1. The average molecular weight is 446 g/mol. The predicted molar refractivity (Wildman–Crippen MR) is 124 cm³/mol. The van der Waals surface area contributed by atoms with Crippen LogP contribution in [0.25, 0.3) is 11.5 Å². The molecule has 8 heteroatoms. The van der Waals surface area contributed by atoms with E-state index in [0.717, 1.165) is 43.5 Å². The van der Waals surface area contributed by atoms with Crippen molar-refractivity contribution >= 4 is 17.5 Å². The Labute approximate surface area is 192 Å². The van der Waals surface area contributed by atoms with Crippen molar-refractivity contribution in [1.82, 2.24) is 20.8 Å². The van der Waals surface area contributed by atoms with Crippen LogP contribution in [0, 0.1) is 6.92 Å². The number of Topliss-reactive ketones (excluding diaryl/α,β-unsaturated/α-hetero) is 1. The Morgan fingerprint density at radius 1 is 1.15 bits per heavy atom. The third-order valence-electron chi connectivity index (χ3n) is 6.40. The zero-order valence-corrected chi connectivity index (χ0v) is 18.6. The number of nitrogens with zero attached hydrogens (tertiary/aromatic N) is 3. The van der Waals surface area contributed by atoms with Crippen molar-refractivity contribution in [3.63, 3.8) is 0 Å². The number of urea groups is 1. The molecule has 170 valence electrons. The minimum absolute atomic E-state index is 0.148. The summed E-state index contributed by atoms with van der Waals surface area (Å²) >= 11 is 0. The van der Waals surface area contributed by atoms with Gasteiger partial charge in [0.1, 0.15) is 6.04 Å². The van der Waals surface area contributed by atoms with E-state index < -0.39 is 6.04 Å². The fraction of sp³-hybridized carbons (Fsp3) is 0.360. The number of amides is 2. The number of hydrogen-bond acceptors (Lipinski definition) is 6. The second-order valence-electron chi connectivity index (χ2n) is 8.57. The van der Waals surface area contributed by atoms with E-state index in [1.807, 2.05) is 36.4 Å². The lowest BCUT2D eigenvalue weighted by atomic mass is 9.90. The van der Waals surface area contributed by atoms with Gasteiger partial charge in [0, 0.05) is 23.8 Å². The molecule has 2 N–H and O–H groups in total. The van der Waals surface area contributed by atoms with Gasteiger partial charge in [0.2, 0.25) is 0 Å². The Balaban J connectivity index is 1.45. The summed E-state index contributed by atoms with van der Waals surface area (Å²) in [4.78, 5) is 33.3. The van der Waals surface area contributed by atoms with Crippen LogP contribution in [-0.2, 0) is 6.42 Å². The van der Waals surface area contributed by atoms with Crippen LogP contribution in [0.1, 0.15) is 41.0 Å². The highest BCUT2D eigenvalue weighted by atomic mass is 16.5. The highest BCUT2D eigenvalue weighted by Gasteiger charge is 2.35. The molecule has 2 aromatic carbocycles. The molecule has 1 saturated heterocycles. The third-order valence-corrected chi connectivity index (χ3v) is 6.40. The standard InChI is InChI=1S/C25H27N5O3/c1-16-27-24(33-29-16)19-10-4-3-9-18(19)23(31)22(20-11-6-7-14-26-20)28-25(32)30-15-13-17-8-2-5-12-21(17)30/h2-5,8-10,12,20,22,26H,6-7,11,13-15H2,1H3,(H,28,32). The Morgan fingerprint density at radius 3 is 2.76 bits per heavy atom. The third kappa shape index (κ3) is 4.26. The number of fused-ring (bicyclic) bond motifs is 1. The summed E-state index contributed by atoms with van der Waals surface area (Å²) in [5.74, 6) is 0.632. The van der Waals surface area contributed by atoms with Gasteiger partial charge >= 0.3 is 6.03 Å². The molecule has 2 aliphatic rings. The van der Waals surface area contributed by atoms with Crippen molar-refractivity contribution in [2.24, 2.45) is 0 Å². The van der Waals surface area contributed by atoms with E-state index in [0.29, 0.717) is 29.4 Å². The zero-order valence-electron chi connectivity index (χ0n) is 18.6. The van der Waals surface area contributed by atoms with E-state index in [4.69, 9.17) is 4.52 Å². The van der Waals surface area contributed by atoms with Crippen molar-refractivity contribution in [2.75, 3.05) is 18.0 Å². The number of benzene rings is 2. The molecule has 0 saturated carbocycles. The molecule has 3 heterocycles. The van der Waals surface area contributed by atoms with Gasteiger partial charge in [0.05, 0.1) is 5.56 Å². The van der Waals surface area contributed by atoms with Crippen molar-refractivity contribution < 1.29 is 14.1 Å². The van der Waals surface area contributed by atoms with E-state index in [9.17, 15) is 9.59 Å². The van der Waals surface area contributed by atoms with Crippen LogP contribution in [0.5, 0.6) is 0 Å². The number of piperidine rings is 1. The molecule has 2 unspecified atom stereocenters. The second-order valence-corrected chi connectivity index (χ2v) is 8.57. The normalized spacial score (nSPS) is 18.6. The van der Waals surface area contributed by atoms with E-state index in [1.54, 1.807) is 24.0 Å². The molecule has 1 fully saturated rings. The second kappa shape index (κ2) is 9.15. The number of hydrogen-bond donors (Lipinski definition) is 2. The fourth-order valence-corrected chi connectivity index (χ4v) is 4.73. The first-order valence-electron chi connectivity index (χ1n) is 11.4. The molecule has 1 aromatic heterocycles. The lowest BCUT2D eigenvalue weighted by Gasteiger charge is -2.32. The molecule has 5 rings (SSSR count). The SMILES string of the molecule is Cc1noc(-c2ccccc2C(=O)C(NC(=O)N2CCc3ccccc32)C2CCCCN2)n1. The number of para-hydroxylation sites is 1. The van der Waals surface area contributed by atoms with E-state index >= 15 is 0 Å². The van der Waals surface area contributed by atoms with Crippen LogP contribution in [0.15, 0.2) is 53.1 Å². The Kier molecular flexibility index (Phi) is 5.92. The monoisotopic (exact) mass is 445 g/mol. The largest absolute Gasteiger partial charge is 0.334 e. The molecule has 8 nitrogen and oxygen atoms in total. The van der Waals surface area contributed by atoms with Crippen molar-refractivity contribution in [1.29, 1.82) is 0 Å². The van der Waals surface area contributed by atoms with Crippen LogP contribution < -0.4 is 15.5 Å². The van der Waals surface area contributed by atoms with Gasteiger partial charge < -0.3 is 15.2 Å². The van der Waals surface area contributed by atoms with Gasteiger partial charge in [0.15, 0.2) is 11.6 Å². The summed E-state index contributed by atoms with van der Waals surface area (Å²) in [5.41, 5.74) is 3.08. The number of carbonyl (C=O) groups is 2. The highest BCUT2D eigenvalue weighted by molar-refractivity contribution is 6.07. The Hall–Kier alpha value is -3.52. The summed E-state index contributed by atoms with van der Waals surface area (Å²) < 4.78 is 5.34. The maximum absolute atomic E-state index is 13.9. The quantitative estimate of drug-likeness (QED) is 0.583. The molecule has 0 spiro atoms. The van der Waals surface area contributed by atoms with Gasteiger partial charge in [0.25, 0.3) is 5.89 Å². The smallest absolute Gasteiger partial charge is 0.322 e. The number of nitrogens with one attached hydrogen (secondary N) is 2. The van der Waals surface area contributed by atoms with Crippen LogP contribution in [0.4, 0.5) is 10.5 Å². The van der Waals surface area contributed by atoms with E-state index in [-0.39, 0.29) is 17.9 Å². The van der Waals surface area contributed by atoms with Gasteiger partial charge in [-0.25, -0.2) is 4.79 Å². The van der Waals surface area contributed by atoms with E-state index in [1.165, 1.54) is 0 Å². The number of rotatable bonds is 5. The molecule has 2 aliphatic heterocycles. The summed E-state index contributed by atoms with van der Waals surface area (Å²) in [6, 6.07) is 14.0. The van der Waals surface area contributed by atoms with Gasteiger partial charge in [-0.2, -0.15) is 4.98 Å². The number of aryl methyl sites for hydroxylation is 1. The summed E-state index contributed by atoms with van der Waals surface area (Å²) in [5, 5.41) is 10.4. The van der Waals surface area contributed by atoms with Crippen LogP contribution >= 0.6 is 0 Å². The minimum atomic E-state index is -0.712. The average Bonchev–Trinajstić information content (AvgIpc) is 3.49. The summed E-state index contributed by atoms with van der Waals surface area (Å²) in [6.45, 7) is 3.16. The highest BCUT2D eigenvalue weighted by Crippen LogP contribution is 2.28. The summed E-state index contributed by atoms with van der Waals surface area (Å²) in [6.07, 6.45) is 3.69. The zero-order chi connectivity index (χ0) is 22.8. The lowest BCUT2D eigenvalue weighted by Crippen LogP contribution is -2.58. The van der Waals surface area contributed by atoms with E-state index in [2.05, 4.69) is 20.8 Å². The first-order valence-corrected chi connectivity index (χ1v) is 11.4. The summed E-state index contributed by atoms with van der Waals surface area (Å²) in [7, 11) is 0.